The summed E-state index contributed by atoms with van der Waals surface area (Å²) in [6, 6.07) is 10.1. The van der Waals surface area contributed by atoms with Crippen molar-refractivity contribution in [3.8, 4) is 5.75 Å². The topological polar surface area (TPSA) is 78.6 Å². The van der Waals surface area contributed by atoms with Crippen molar-refractivity contribution in [2.45, 2.75) is 25.1 Å². The maximum Gasteiger partial charge on any atom is 0.410 e. The first-order chi connectivity index (χ1) is 12.7. The van der Waals surface area contributed by atoms with Gasteiger partial charge in [0.1, 0.15) is 0 Å². The van der Waals surface area contributed by atoms with Gasteiger partial charge in [-0.15, -0.1) is 0 Å². The minimum atomic E-state index is -1.01. The molecule has 2 N–H and O–H groups in total. The van der Waals surface area contributed by atoms with Crippen LogP contribution in [0.15, 0.2) is 40.9 Å². The van der Waals surface area contributed by atoms with Crippen LogP contribution in [0.25, 0.3) is 0 Å². The average molecular weight is 505 g/mol. The highest BCUT2D eigenvalue weighted by molar-refractivity contribution is 9.10. The first-order valence-electron chi connectivity index (χ1n) is 7.97. The SMILES string of the molecule is CCc1cccc(OC(N)=O)c1F.COC(=O)c1cc(Br)cc(C(C)Br)c1. The van der Waals surface area contributed by atoms with Crippen LogP contribution in [0.2, 0.25) is 0 Å². The van der Waals surface area contributed by atoms with Gasteiger partial charge in [0.15, 0.2) is 11.6 Å². The van der Waals surface area contributed by atoms with E-state index in [9.17, 15) is 14.0 Å². The first-order valence-corrected chi connectivity index (χ1v) is 9.68. The van der Waals surface area contributed by atoms with Crippen LogP contribution in [0.1, 0.15) is 40.2 Å². The number of alkyl halides is 1. The van der Waals surface area contributed by atoms with E-state index in [1.165, 1.54) is 13.2 Å². The predicted octanol–water partition coefficient (Wildman–Crippen LogP) is 5.54. The van der Waals surface area contributed by atoms with E-state index in [-0.39, 0.29) is 16.5 Å². The molecule has 27 heavy (non-hydrogen) atoms. The Labute approximate surface area is 174 Å². The van der Waals surface area contributed by atoms with Crippen LogP contribution in [0, 0.1) is 5.82 Å². The van der Waals surface area contributed by atoms with Crippen molar-refractivity contribution in [1.82, 2.24) is 0 Å². The van der Waals surface area contributed by atoms with Crippen molar-refractivity contribution in [1.29, 1.82) is 0 Å². The molecule has 0 aliphatic carbocycles. The van der Waals surface area contributed by atoms with Crippen LogP contribution in [-0.2, 0) is 11.2 Å². The van der Waals surface area contributed by atoms with Crippen LogP contribution in [0.5, 0.6) is 5.75 Å². The van der Waals surface area contributed by atoms with E-state index >= 15 is 0 Å². The number of aryl methyl sites for hydroxylation is 1. The molecule has 5 nitrogen and oxygen atoms in total. The van der Waals surface area contributed by atoms with Gasteiger partial charge in [0, 0.05) is 9.30 Å². The highest BCUT2D eigenvalue weighted by atomic mass is 79.9. The Bertz CT molecular complexity index is 812. The molecule has 0 heterocycles. The molecule has 1 atom stereocenters. The van der Waals surface area contributed by atoms with Crippen molar-refractivity contribution in [3.05, 3.63) is 63.4 Å². The fourth-order valence-electron chi connectivity index (χ4n) is 2.09. The molecule has 2 rings (SSSR count). The minimum absolute atomic E-state index is 0.119. The molecule has 0 fully saturated rings. The molecule has 0 spiro atoms. The molecule has 0 aliphatic rings. The van der Waals surface area contributed by atoms with E-state index in [0.29, 0.717) is 17.5 Å². The number of carbonyl (C=O) groups excluding carboxylic acids is 2. The van der Waals surface area contributed by atoms with Crippen LogP contribution < -0.4 is 10.5 Å². The summed E-state index contributed by atoms with van der Waals surface area (Å²) in [6.07, 6.45) is -0.464. The molecular formula is C19H20Br2FNO4. The van der Waals surface area contributed by atoms with Crippen LogP contribution >= 0.6 is 31.9 Å². The molecule has 0 radical (unpaired) electrons. The number of hydrogen-bond donors (Lipinski definition) is 1. The number of primary amides is 1. The number of esters is 1. The number of ether oxygens (including phenoxy) is 2. The van der Waals surface area contributed by atoms with E-state index < -0.39 is 11.9 Å². The lowest BCUT2D eigenvalue weighted by atomic mass is 10.1. The maximum absolute atomic E-state index is 13.3. The van der Waals surface area contributed by atoms with Gasteiger partial charge in [-0.3, -0.25) is 0 Å². The monoisotopic (exact) mass is 503 g/mol. The Kier molecular flexibility index (Phi) is 9.45. The number of halogens is 3. The zero-order valence-corrected chi connectivity index (χ0v) is 18.3. The fourth-order valence-corrected chi connectivity index (χ4v) is 2.87. The Balaban J connectivity index is 0.000000271. The summed E-state index contributed by atoms with van der Waals surface area (Å²) in [5, 5.41) is 0. The number of amides is 1. The Morgan fingerprint density at radius 3 is 2.44 bits per heavy atom. The Hall–Kier alpha value is -1.93. The smallest absolute Gasteiger partial charge is 0.410 e. The summed E-state index contributed by atoms with van der Waals surface area (Å²) in [7, 11) is 1.38. The van der Waals surface area contributed by atoms with E-state index in [1.807, 2.05) is 26.0 Å². The number of benzene rings is 2. The lowest BCUT2D eigenvalue weighted by Gasteiger charge is -2.07. The molecule has 2 aromatic carbocycles. The van der Waals surface area contributed by atoms with Crippen LogP contribution in [0.4, 0.5) is 9.18 Å². The number of methoxy groups -OCH3 is 1. The normalized spacial score (nSPS) is 11.0. The third kappa shape index (κ3) is 7.30. The van der Waals surface area contributed by atoms with Gasteiger partial charge in [0.25, 0.3) is 0 Å². The standard InChI is InChI=1S/C10H10Br2O2.C9H10FNO2/c1-6(11)7-3-8(10(13)14-2)5-9(12)4-7;1-2-6-4-3-5-7(8(6)10)13-9(11)12/h3-6H,1-2H3;3-5H,2H2,1H3,(H2,11,12). The van der Waals surface area contributed by atoms with Crippen LogP contribution in [0.3, 0.4) is 0 Å². The van der Waals surface area contributed by atoms with Gasteiger partial charge in [-0.2, -0.15) is 0 Å². The second kappa shape index (κ2) is 11.0. The fraction of sp³-hybridized carbons (Fsp3) is 0.263. The van der Waals surface area contributed by atoms with Gasteiger partial charge in [-0.05, 0) is 48.7 Å². The molecule has 0 aromatic heterocycles. The predicted molar refractivity (Wildman–Crippen MR) is 109 cm³/mol. The summed E-state index contributed by atoms with van der Waals surface area (Å²) < 4.78 is 23.3. The largest absolute Gasteiger partial charge is 0.465 e. The molecular weight excluding hydrogens is 485 g/mol. The van der Waals surface area contributed by atoms with Gasteiger partial charge in [0.05, 0.1) is 12.7 Å². The van der Waals surface area contributed by atoms with Crippen molar-refractivity contribution in [3.63, 3.8) is 0 Å². The first kappa shape index (κ1) is 23.1. The molecule has 146 valence electrons. The third-order valence-electron chi connectivity index (χ3n) is 3.44. The second-order valence-corrected chi connectivity index (χ2v) is 7.67. The number of nitrogens with two attached hydrogens (primary N) is 1. The molecule has 8 heteroatoms. The zero-order chi connectivity index (χ0) is 20.6. The maximum atomic E-state index is 13.3. The number of carbonyl (C=O) groups is 2. The highest BCUT2D eigenvalue weighted by Gasteiger charge is 2.10. The van der Waals surface area contributed by atoms with E-state index in [2.05, 4.69) is 41.3 Å². The number of rotatable bonds is 4. The molecule has 0 saturated heterocycles. The Morgan fingerprint density at radius 2 is 1.93 bits per heavy atom. The summed E-state index contributed by atoms with van der Waals surface area (Å²) in [4.78, 5) is 21.8. The van der Waals surface area contributed by atoms with Gasteiger partial charge in [-0.25, -0.2) is 14.0 Å². The van der Waals surface area contributed by atoms with E-state index in [4.69, 9.17) is 5.73 Å². The molecule has 1 amide bonds. The van der Waals surface area contributed by atoms with E-state index in [0.717, 1.165) is 10.0 Å². The minimum Gasteiger partial charge on any atom is -0.465 e. The second-order valence-electron chi connectivity index (χ2n) is 5.38. The summed E-state index contributed by atoms with van der Waals surface area (Å²) in [5.74, 6) is -0.962. The summed E-state index contributed by atoms with van der Waals surface area (Å²) >= 11 is 6.80. The van der Waals surface area contributed by atoms with E-state index in [1.54, 1.807) is 18.2 Å². The van der Waals surface area contributed by atoms with Crippen molar-refractivity contribution in [2.75, 3.05) is 7.11 Å². The van der Waals surface area contributed by atoms with Gasteiger partial charge in [0.2, 0.25) is 0 Å². The van der Waals surface area contributed by atoms with Crippen molar-refractivity contribution >= 4 is 43.9 Å². The number of hydrogen-bond acceptors (Lipinski definition) is 4. The Morgan fingerprint density at radius 1 is 1.26 bits per heavy atom. The van der Waals surface area contributed by atoms with Crippen LogP contribution in [-0.4, -0.2) is 19.2 Å². The molecule has 1 unspecified atom stereocenters. The zero-order valence-electron chi connectivity index (χ0n) is 15.1. The van der Waals surface area contributed by atoms with Gasteiger partial charge >= 0.3 is 12.1 Å². The summed E-state index contributed by atoms with van der Waals surface area (Å²) in [6.45, 7) is 3.81. The molecule has 2 aromatic rings. The lowest BCUT2D eigenvalue weighted by molar-refractivity contribution is 0.0600. The average Bonchev–Trinajstić information content (AvgIpc) is 2.62. The molecule has 0 saturated carbocycles. The lowest BCUT2D eigenvalue weighted by Crippen LogP contribution is -2.17. The molecule has 0 bridgehead atoms. The van der Waals surface area contributed by atoms with Gasteiger partial charge < -0.3 is 15.2 Å². The third-order valence-corrected chi connectivity index (χ3v) is 4.42. The highest BCUT2D eigenvalue weighted by Crippen LogP contribution is 2.26. The van der Waals surface area contributed by atoms with Gasteiger partial charge in [-0.1, -0.05) is 50.9 Å². The quantitative estimate of drug-likeness (QED) is 0.438. The van der Waals surface area contributed by atoms with Crippen molar-refractivity contribution < 1.29 is 23.5 Å². The van der Waals surface area contributed by atoms with Crippen molar-refractivity contribution in [2.24, 2.45) is 5.73 Å². The molecule has 0 aliphatic heterocycles. The summed E-state index contributed by atoms with van der Waals surface area (Å²) in [5.41, 5.74) is 6.86.